The molecule has 1 saturated heterocycles. The fourth-order valence-corrected chi connectivity index (χ4v) is 2.80. The van der Waals surface area contributed by atoms with Crippen LogP contribution < -0.4 is 10.5 Å². The highest BCUT2D eigenvalue weighted by molar-refractivity contribution is 6.32. The second kappa shape index (κ2) is 8.79. The topological polar surface area (TPSA) is 38.5 Å². The van der Waals surface area contributed by atoms with Crippen LogP contribution in [0.2, 0.25) is 5.02 Å². The van der Waals surface area contributed by atoms with Gasteiger partial charge in [-0.2, -0.15) is 0 Å². The molecule has 21 heavy (non-hydrogen) atoms. The molecule has 0 aliphatic carbocycles. The minimum absolute atomic E-state index is 0. The largest absolute Gasteiger partial charge is 0.491 e. The second-order valence-corrected chi connectivity index (χ2v) is 5.87. The summed E-state index contributed by atoms with van der Waals surface area (Å²) in [5.74, 6) is 0.831. The number of hydrogen-bond donors (Lipinski definition) is 1. The third-order valence-corrected chi connectivity index (χ3v) is 4.23. The molecule has 2 rings (SSSR count). The Balaban J connectivity index is 0.00000220. The second-order valence-electron chi connectivity index (χ2n) is 5.46. The van der Waals surface area contributed by atoms with Crippen LogP contribution in [0.15, 0.2) is 18.2 Å². The molecule has 1 heterocycles. The minimum Gasteiger partial charge on any atom is -0.491 e. The molecule has 6 heteroatoms. The summed E-state index contributed by atoms with van der Waals surface area (Å²) in [6, 6.07) is 4.48. The Hall–Kier alpha value is -0.550. The van der Waals surface area contributed by atoms with Gasteiger partial charge in [-0.25, -0.2) is 4.39 Å². The summed E-state index contributed by atoms with van der Waals surface area (Å²) in [6.45, 7) is 5.63. The van der Waals surface area contributed by atoms with Gasteiger partial charge in [0.25, 0.3) is 0 Å². The van der Waals surface area contributed by atoms with Crippen molar-refractivity contribution in [3.8, 4) is 5.75 Å². The van der Waals surface area contributed by atoms with Crippen molar-refractivity contribution >= 4 is 24.0 Å². The number of halogens is 3. The molecule has 1 unspecified atom stereocenters. The molecule has 0 radical (unpaired) electrons. The third kappa shape index (κ3) is 5.62. The van der Waals surface area contributed by atoms with Crippen LogP contribution in [-0.2, 0) is 0 Å². The van der Waals surface area contributed by atoms with Crippen LogP contribution in [0.5, 0.6) is 5.75 Å². The van der Waals surface area contributed by atoms with Crippen molar-refractivity contribution in [3.63, 3.8) is 0 Å². The van der Waals surface area contributed by atoms with Gasteiger partial charge in [0.05, 0.1) is 5.02 Å². The van der Waals surface area contributed by atoms with E-state index in [1.165, 1.54) is 12.1 Å². The first-order valence-corrected chi connectivity index (χ1v) is 7.50. The lowest BCUT2D eigenvalue weighted by Gasteiger charge is -2.33. The number of piperidine rings is 1. The summed E-state index contributed by atoms with van der Waals surface area (Å²) < 4.78 is 18.5. The Morgan fingerprint density at radius 2 is 2.10 bits per heavy atom. The van der Waals surface area contributed by atoms with Crippen molar-refractivity contribution in [2.75, 3.05) is 26.2 Å². The average molecular weight is 337 g/mol. The van der Waals surface area contributed by atoms with E-state index < -0.39 is 0 Å². The highest BCUT2D eigenvalue weighted by Gasteiger charge is 2.21. The van der Waals surface area contributed by atoms with E-state index in [9.17, 15) is 4.39 Å². The normalized spacial score (nSPS) is 18.1. The van der Waals surface area contributed by atoms with Gasteiger partial charge < -0.3 is 10.5 Å². The molecule has 0 aromatic heterocycles. The number of nitrogens with zero attached hydrogens (tertiary/aromatic N) is 1. The summed E-state index contributed by atoms with van der Waals surface area (Å²) in [5, 5.41) is 0.320. The maximum Gasteiger partial charge on any atom is 0.138 e. The van der Waals surface area contributed by atoms with Crippen molar-refractivity contribution in [2.24, 2.45) is 11.7 Å². The Kier molecular flexibility index (Phi) is 7.74. The molecule has 1 aromatic rings. The zero-order chi connectivity index (χ0) is 14.5. The monoisotopic (exact) mass is 336 g/mol. The first kappa shape index (κ1) is 18.5. The van der Waals surface area contributed by atoms with Gasteiger partial charge in [-0.3, -0.25) is 4.90 Å². The quantitative estimate of drug-likeness (QED) is 0.896. The molecule has 1 atom stereocenters. The zero-order valence-electron chi connectivity index (χ0n) is 12.2. The van der Waals surface area contributed by atoms with Crippen LogP contribution in [0, 0.1) is 11.7 Å². The van der Waals surface area contributed by atoms with Gasteiger partial charge in [0.2, 0.25) is 0 Å². The van der Waals surface area contributed by atoms with E-state index in [1.807, 2.05) is 0 Å². The number of hydrogen-bond acceptors (Lipinski definition) is 3. The van der Waals surface area contributed by atoms with E-state index in [0.29, 0.717) is 23.3 Å². The molecule has 3 nitrogen and oxygen atoms in total. The predicted molar refractivity (Wildman–Crippen MR) is 87.0 cm³/mol. The summed E-state index contributed by atoms with van der Waals surface area (Å²) in [4.78, 5) is 2.37. The van der Waals surface area contributed by atoms with Gasteiger partial charge in [-0.1, -0.05) is 11.6 Å². The lowest BCUT2D eigenvalue weighted by Crippen LogP contribution is -2.41. The first-order valence-electron chi connectivity index (χ1n) is 7.12. The molecule has 1 aliphatic heterocycles. The van der Waals surface area contributed by atoms with Crippen LogP contribution in [0.3, 0.4) is 0 Å². The number of nitrogens with two attached hydrogens (primary N) is 1. The highest BCUT2D eigenvalue weighted by atomic mass is 35.5. The number of likely N-dealkylation sites (tertiary alicyclic amines) is 1. The smallest absolute Gasteiger partial charge is 0.138 e. The average Bonchev–Trinajstić information content (AvgIpc) is 2.42. The lowest BCUT2D eigenvalue weighted by atomic mass is 9.91. The van der Waals surface area contributed by atoms with Gasteiger partial charge in [-0.15, -0.1) is 12.4 Å². The van der Waals surface area contributed by atoms with Crippen molar-refractivity contribution in [2.45, 2.75) is 25.8 Å². The summed E-state index contributed by atoms with van der Waals surface area (Å²) in [7, 11) is 0. The molecule has 2 N–H and O–H groups in total. The molecule has 0 amide bonds. The molecule has 120 valence electrons. The van der Waals surface area contributed by atoms with Crippen LogP contribution in [-0.4, -0.2) is 37.2 Å². The summed E-state index contributed by atoms with van der Waals surface area (Å²) in [6.07, 6.45) is 2.30. The molecule has 1 aliphatic rings. The van der Waals surface area contributed by atoms with Crippen LogP contribution in [0.25, 0.3) is 0 Å². The third-order valence-electron chi connectivity index (χ3n) is 3.93. The van der Waals surface area contributed by atoms with Gasteiger partial charge in [0, 0.05) is 12.6 Å². The molecular weight excluding hydrogens is 314 g/mol. The molecule has 0 saturated carbocycles. The van der Waals surface area contributed by atoms with E-state index in [4.69, 9.17) is 22.1 Å². The van der Waals surface area contributed by atoms with E-state index in [1.54, 1.807) is 6.07 Å². The van der Waals surface area contributed by atoms with Gasteiger partial charge in [-0.05, 0) is 57.0 Å². The van der Waals surface area contributed by atoms with Gasteiger partial charge in [0.1, 0.15) is 18.2 Å². The summed E-state index contributed by atoms with van der Waals surface area (Å²) in [5.41, 5.74) is 5.93. The number of ether oxygens (including phenoxy) is 1. The molecular formula is C15H23Cl2FN2O. The Morgan fingerprint density at radius 1 is 1.43 bits per heavy atom. The van der Waals surface area contributed by atoms with E-state index in [0.717, 1.165) is 32.5 Å². The molecule has 1 aromatic carbocycles. The molecule has 0 spiro atoms. The number of rotatable bonds is 5. The maximum absolute atomic E-state index is 12.9. The van der Waals surface area contributed by atoms with Crippen molar-refractivity contribution in [1.29, 1.82) is 0 Å². The SMILES string of the molecule is CC(N)C1CCN(CCOc2ccc(F)cc2Cl)CC1.Cl. The first-order chi connectivity index (χ1) is 9.56. The Bertz CT molecular complexity index is 438. The zero-order valence-corrected chi connectivity index (χ0v) is 13.8. The Morgan fingerprint density at radius 3 is 2.67 bits per heavy atom. The van der Waals surface area contributed by atoms with Crippen LogP contribution >= 0.6 is 24.0 Å². The standard InChI is InChI=1S/C15H22ClFN2O.ClH/c1-11(18)12-4-6-19(7-5-12)8-9-20-15-3-2-13(17)10-14(15)16;/h2-3,10-12H,4-9,18H2,1H3;1H. The Labute approximate surface area is 137 Å². The summed E-state index contributed by atoms with van der Waals surface area (Å²) >= 11 is 5.91. The van der Waals surface area contributed by atoms with E-state index in [2.05, 4.69) is 11.8 Å². The fourth-order valence-electron chi connectivity index (χ4n) is 2.58. The predicted octanol–water partition coefficient (Wildman–Crippen LogP) is 3.34. The van der Waals surface area contributed by atoms with Crippen molar-refractivity contribution in [3.05, 3.63) is 29.0 Å². The molecule has 1 fully saturated rings. The van der Waals surface area contributed by atoms with Crippen molar-refractivity contribution in [1.82, 2.24) is 4.90 Å². The van der Waals surface area contributed by atoms with E-state index in [-0.39, 0.29) is 24.3 Å². The van der Waals surface area contributed by atoms with Crippen LogP contribution in [0.4, 0.5) is 4.39 Å². The van der Waals surface area contributed by atoms with Gasteiger partial charge in [0.15, 0.2) is 0 Å². The molecule has 0 bridgehead atoms. The van der Waals surface area contributed by atoms with Crippen LogP contribution in [0.1, 0.15) is 19.8 Å². The van der Waals surface area contributed by atoms with E-state index >= 15 is 0 Å². The minimum atomic E-state index is -0.347. The van der Waals surface area contributed by atoms with Gasteiger partial charge >= 0.3 is 0 Å². The van der Waals surface area contributed by atoms with Crippen molar-refractivity contribution < 1.29 is 9.13 Å². The number of benzene rings is 1. The highest BCUT2D eigenvalue weighted by Crippen LogP contribution is 2.25. The maximum atomic E-state index is 12.9. The fraction of sp³-hybridized carbons (Fsp3) is 0.600. The lowest BCUT2D eigenvalue weighted by molar-refractivity contribution is 0.147.